The van der Waals surface area contributed by atoms with Gasteiger partial charge in [0.2, 0.25) is 0 Å². The summed E-state index contributed by atoms with van der Waals surface area (Å²) in [6.45, 7) is 0.761. The number of carbonyl (C=O) groups excluding carboxylic acids is 1. The number of ether oxygens (including phenoxy) is 3. The Morgan fingerprint density at radius 2 is 1.70 bits per heavy atom. The Labute approximate surface area is 176 Å². The minimum absolute atomic E-state index is 0.100. The number of para-hydroxylation sites is 2. The van der Waals surface area contributed by atoms with Crippen LogP contribution in [0.2, 0.25) is 0 Å². The van der Waals surface area contributed by atoms with E-state index in [1.807, 2.05) is 53.4 Å². The van der Waals surface area contributed by atoms with Crippen molar-refractivity contribution in [1.29, 1.82) is 0 Å². The summed E-state index contributed by atoms with van der Waals surface area (Å²) in [6, 6.07) is 19.0. The SMILES string of the molecule is COc1ccc(CN(C(=O)c2ccc(COc3ccccc3OC)o2)C2CC2)cc1. The largest absolute Gasteiger partial charge is 0.497 e. The first-order valence-corrected chi connectivity index (χ1v) is 9.96. The molecule has 0 spiro atoms. The number of hydrogen-bond donors (Lipinski definition) is 0. The average molecular weight is 407 g/mol. The van der Waals surface area contributed by atoms with E-state index in [-0.39, 0.29) is 18.6 Å². The van der Waals surface area contributed by atoms with Crippen molar-refractivity contribution < 1.29 is 23.4 Å². The maximum atomic E-state index is 13.1. The molecule has 2 aromatic carbocycles. The van der Waals surface area contributed by atoms with Crippen LogP contribution in [0.3, 0.4) is 0 Å². The molecular formula is C24H25NO5. The van der Waals surface area contributed by atoms with E-state index in [0.717, 1.165) is 24.2 Å². The predicted molar refractivity (Wildman–Crippen MR) is 112 cm³/mol. The third-order valence-electron chi connectivity index (χ3n) is 5.07. The lowest BCUT2D eigenvalue weighted by atomic mass is 10.2. The number of hydrogen-bond acceptors (Lipinski definition) is 5. The van der Waals surface area contributed by atoms with Gasteiger partial charge in [0, 0.05) is 12.6 Å². The fourth-order valence-corrected chi connectivity index (χ4v) is 3.28. The first kappa shape index (κ1) is 19.9. The van der Waals surface area contributed by atoms with Gasteiger partial charge >= 0.3 is 0 Å². The van der Waals surface area contributed by atoms with Crippen molar-refractivity contribution in [3.05, 3.63) is 77.7 Å². The molecule has 6 nitrogen and oxygen atoms in total. The maximum absolute atomic E-state index is 13.1. The Morgan fingerprint density at radius 3 is 2.37 bits per heavy atom. The highest BCUT2D eigenvalue weighted by Crippen LogP contribution is 2.31. The number of carbonyl (C=O) groups is 1. The van der Waals surface area contributed by atoms with E-state index in [4.69, 9.17) is 18.6 Å². The number of furan rings is 1. The second-order valence-corrected chi connectivity index (χ2v) is 7.22. The normalized spacial score (nSPS) is 13.0. The summed E-state index contributed by atoms with van der Waals surface area (Å²) < 4.78 is 22.1. The molecular weight excluding hydrogens is 382 g/mol. The minimum Gasteiger partial charge on any atom is -0.497 e. The predicted octanol–water partition coefficient (Wildman–Crippen LogP) is 4.68. The summed E-state index contributed by atoms with van der Waals surface area (Å²) in [7, 11) is 3.24. The van der Waals surface area contributed by atoms with Gasteiger partial charge in [-0.15, -0.1) is 0 Å². The van der Waals surface area contributed by atoms with Crippen LogP contribution >= 0.6 is 0 Å². The van der Waals surface area contributed by atoms with Gasteiger partial charge in [0.05, 0.1) is 14.2 Å². The topological polar surface area (TPSA) is 61.1 Å². The molecule has 1 saturated carbocycles. The molecule has 0 N–H and O–H groups in total. The van der Waals surface area contributed by atoms with Crippen molar-refractivity contribution in [3.8, 4) is 17.2 Å². The number of rotatable bonds is 9. The molecule has 0 unspecified atom stereocenters. The van der Waals surface area contributed by atoms with Crippen LogP contribution in [-0.2, 0) is 13.2 Å². The van der Waals surface area contributed by atoms with Crippen molar-refractivity contribution in [1.82, 2.24) is 4.90 Å². The maximum Gasteiger partial charge on any atom is 0.290 e. The molecule has 0 aliphatic heterocycles. The zero-order chi connectivity index (χ0) is 20.9. The van der Waals surface area contributed by atoms with Gasteiger partial charge in [0.25, 0.3) is 5.91 Å². The lowest BCUT2D eigenvalue weighted by Crippen LogP contribution is -2.32. The molecule has 1 aliphatic rings. The fraction of sp³-hybridized carbons (Fsp3) is 0.292. The molecule has 1 fully saturated rings. The van der Waals surface area contributed by atoms with Crippen molar-refractivity contribution in [2.24, 2.45) is 0 Å². The number of nitrogens with zero attached hydrogens (tertiary/aromatic N) is 1. The van der Waals surface area contributed by atoms with Crippen molar-refractivity contribution in [2.45, 2.75) is 32.0 Å². The van der Waals surface area contributed by atoms with Crippen LogP contribution in [0.15, 0.2) is 65.1 Å². The third kappa shape index (κ3) is 4.59. The quantitative estimate of drug-likeness (QED) is 0.515. The van der Waals surface area contributed by atoms with E-state index in [0.29, 0.717) is 29.6 Å². The molecule has 0 saturated heterocycles. The summed E-state index contributed by atoms with van der Waals surface area (Å²) >= 11 is 0. The Hall–Kier alpha value is -3.41. The average Bonchev–Trinajstić information content (AvgIpc) is 3.53. The van der Waals surface area contributed by atoms with Crippen LogP contribution in [0.1, 0.15) is 34.7 Å². The minimum atomic E-state index is -0.100. The molecule has 1 aromatic heterocycles. The van der Waals surface area contributed by atoms with Gasteiger partial charge in [-0.25, -0.2) is 0 Å². The van der Waals surface area contributed by atoms with E-state index in [2.05, 4.69) is 0 Å². The summed E-state index contributed by atoms with van der Waals surface area (Å²) in [5, 5.41) is 0. The van der Waals surface area contributed by atoms with E-state index < -0.39 is 0 Å². The number of methoxy groups -OCH3 is 2. The molecule has 6 heteroatoms. The summed E-state index contributed by atoms with van der Waals surface area (Å²) in [5.74, 6) is 2.90. The van der Waals surface area contributed by atoms with E-state index in [1.54, 1.807) is 26.4 Å². The highest BCUT2D eigenvalue weighted by atomic mass is 16.5. The Balaban J connectivity index is 1.42. The van der Waals surface area contributed by atoms with Gasteiger partial charge in [0.1, 0.15) is 18.1 Å². The van der Waals surface area contributed by atoms with E-state index in [9.17, 15) is 4.79 Å². The van der Waals surface area contributed by atoms with Crippen molar-refractivity contribution >= 4 is 5.91 Å². The monoisotopic (exact) mass is 407 g/mol. The summed E-state index contributed by atoms with van der Waals surface area (Å²) in [6.07, 6.45) is 2.04. The van der Waals surface area contributed by atoms with Gasteiger partial charge < -0.3 is 23.5 Å². The highest BCUT2D eigenvalue weighted by molar-refractivity contribution is 5.92. The van der Waals surface area contributed by atoms with Crippen LogP contribution in [0.5, 0.6) is 17.2 Å². The van der Waals surface area contributed by atoms with Gasteiger partial charge in [0.15, 0.2) is 17.3 Å². The van der Waals surface area contributed by atoms with Gasteiger partial charge in [-0.2, -0.15) is 0 Å². The number of benzene rings is 2. The Kier molecular flexibility index (Phi) is 5.93. The molecule has 1 heterocycles. The van der Waals surface area contributed by atoms with Crippen LogP contribution in [-0.4, -0.2) is 31.1 Å². The molecule has 1 aliphatic carbocycles. The first-order valence-electron chi connectivity index (χ1n) is 9.96. The fourth-order valence-electron chi connectivity index (χ4n) is 3.28. The standard InChI is InChI=1S/C24H25NO5/c1-27-19-11-7-17(8-12-19)15-25(18-9-10-18)24(26)23-14-13-20(30-23)16-29-22-6-4-3-5-21(22)28-2/h3-8,11-14,18H,9-10,15-16H2,1-2H3. The van der Waals surface area contributed by atoms with Gasteiger partial charge in [-0.05, 0) is 54.8 Å². The molecule has 0 radical (unpaired) electrons. The second-order valence-electron chi connectivity index (χ2n) is 7.22. The van der Waals surface area contributed by atoms with Crippen molar-refractivity contribution in [3.63, 3.8) is 0 Å². The van der Waals surface area contributed by atoms with Crippen LogP contribution in [0.4, 0.5) is 0 Å². The summed E-state index contributed by atoms with van der Waals surface area (Å²) in [4.78, 5) is 15.0. The molecule has 156 valence electrons. The number of amides is 1. The van der Waals surface area contributed by atoms with E-state index in [1.165, 1.54) is 0 Å². The van der Waals surface area contributed by atoms with E-state index >= 15 is 0 Å². The molecule has 4 rings (SSSR count). The van der Waals surface area contributed by atoms with Gasteiger partial charge in [-0.1, -0.05) is 24.3 Å². The van der Waals surface area contributed by atoms with Crippen LogP contribution in [0.25, 0.3) is 0 Å². The lowest BCUT2D eigenvalue weighted by molar-refractivity contribution is 0.0693. The molecule has 0 bridgehead atoms. The van der Waals surface area contributed by atoms with Crippen molar-refractivity contribution in [2.75, 3.05) is 14.2 Å². The zero-order valence-electron chi connectivity index (χ0n) is 17.2. The Bertz CT molecular complexity index is 991. The van der Waals surface area contributed by atoms with Crippen LogP contribution in [0, 0.1) is 0 Å². The highest BCUT2D eigenvalue weighted by Gasteiger charge is 2.34. The Morgan fingerprint density at radius 1 is 0.967 bits per heavy atom. The smallest absolute Gasteiger partial charge is 0.290 e. The van der Waals surface area contributed by atoms with Crippen LogP contribution < -0.4 is 14.2 Å². The third-order valence-corrected chi connectivity index (χ3v) is 5.07. The van der Waals surface area contributed by atoms with Gasteiger partial charge in [-0.3, -0.25) is 4.79 Å². The summed E-state index contributed by atoms with van der Waals surface area (Å²) in [5.41, 5.74) is 1.06. The lowest BCUT2D eigenvalue weighted by Gasteiger charge is -2.21. The first-order chi connectivity index (χ1) is 14.7. The zero-order valence-corrected chi connectivity index (χ0v) is 17.2. The second kappa shape index (κ2) is 8.95. The molecule has 3 aromatic rings. The molecule has 1 amide bonds. The molecule has 0 atom stereocenters. The molecule has 30 heavy (non-hydrogen) atoms.